The third kappa shape index (κ3) is 3.66. The summed E-state index contributed by atoms with van der Waals surface area (Å²) in [6.07, 6.45) is 0. The molecule has 47 heavy (non-hydrogen) atoms. The summed E-state index contributed by atoms with van der Waals surface area (Å²) in [5.74, 6) is 1.83. The summed E-state index contributed by atoms with van der Waals surface area (Å²) in [4.78, 5) is 0. The minimum Gasteiger partial charge on any atom is -0.456 e. The van der Waals surface area contributed by atoms with Gasteiger partial charge in [0, 0.05) is 41.9 Å². The van der Waals surface area contributed by atoms with Crippen LogP contribution in [0.15, 0.2) is 150 Å². The highest BCUT2D eigenvalue weighted by Gasteiger charge is 2.21. The van der Waals surface area contributed by atoms with Crippen molar-refractivity contribution >= 4 is 75.0 Å². The number of hydrogen-bond acceptors (Lipinski definition) is 3. The monoisotopic (exact) mass is 616 g/mol. The van der Waals surface area contributed by atoms with Crippen molar-refractivity contribution in [1.82, 2.24) is 0 Å². The van der Waals surface area contributed by atoms with Crippen molar-refractivity contribution in [3.8, 4) is 44.9 Å². The number of ether oxygens (including phenoxy) is 1. The number of hydrogen-bond donors (Lipinski definition) is 0. The van der Waals surface area contributed by atoms with Crippen LogP contribution in [0.2, 0.25) is 0 Å². The topological polar surface area (TPSA) is 22.4 Å². The van der Waals surface area contributed by atoms with Gasteiger partial charge in [-0.2, -0.15) is 0 Å². The molecule has 8 aromatic carbocycles. The minimum atomic E-state index is 0.907. The van der Waals surface area contributed by atoms with E-state index in [1.807, 2.05) is 11.3 Å². The second-order valence-corrected chi connectivity index (χ2v) is 13.6. The lowest BCUT2D eigenvalue weighted by atomic mass is 9.92. The van der Waals surface area contributed by atoms with Crippen LogP contribution in [0.25, 0.3) is 97.0 Å². The van der Waals surface area contributed by atoms with E-state index < -0.39 is 0 Å². The molecule has 0 amide bonds. The van der Waals surface area contributed by atoms with Gasteiger partial charge in [0.2, 0.25) is 0 Å². The lowest BCUT2D eigenvalue weighted by molar-refractivity contribution is 0.487. The van der Waals surface area contributed by atoms with Gasteiger partial charge < -0.3 is 9.15 Å². The summed E-state index contributed by atoms with van der Waals surface area (Å²) in [5.41, 5.74) is 9.02. The predicted octanol–water partition coefficient (Wildman–Crippen LogP) is 13.4. The molecule has 218 valence electrons. The van der Waals surface area contributed by atoms with Gasteiger partial charge in [-0.3, -0.25) is 0 Å². The van der Waals surface area contributed by atoms with Crippen LogP contribution in [0.3, 0.4) is 0 Å². The van der Waals surface area contributed by atoms with Crippen molar-refractivity contribution in [1.29, 1.82) is 0 Å². The average Bonchev–Trinajstić information content (AvgIpc) is 3.67. The maximum atomic E-state index is 6.38. The van der Waals surface area contributed by atoms with E-state index >= 15 is 0 Å². The SMILES string of the molecule is c1ccc2cc3c(cc2c1)oc1cccc(-c2ccc4c(c2)sc2cc(-c5ccc6c(c5)-c5cccc7cccc(c57)O6)ccc24)c13. The fourth-order valence-corrected chi connectivity index (χ4v) is 8.80. The van der Waals surface area contributed by atoms with E-state index in [-0.39, 0.29) is 0 Å². The summed E-state index contributed by atoms with van der Waals surface area (Å²) in [5, 5.41) is 9.71. The Hall–Kier alpha value is -5.90. The summed E-state index contributed by atoms with van der Waals surface area (Å²) >= 11 is 1.86. The van der Waals surface area contributed by atoms with E-state index in [0.717, 1.165) is 33.6 Å². The highest BCUT2D eigenvalue weighted by molar-refractivity contribution is 7.25. The molecule has 0 unspecified atom stereocenters. The fourth-order valence-electron chi connectivity index (χ4n) is 7.62. The molecule has 0 saturated carbocycles. The Morgan fingerprint density at radius 1 is 0.383 bits per heavy atom. The van der Waals surface area contributed by atoms with Crippen molar-refractivity contribution < 1.29 is 9.15 Å². The molecule has 3 heteroatoms. The molecular weight excluding hydrogens is 593 g/mol. The summed E-state index contributed by atoms with van der Waals surface area (Å²) in [6.45, 7) is 0. The second kappa shape index (κ2) is 9.32. The first-order valence-corrected chi connectivity index (χ1v) is 16.7. The number of rotatable bonds is 2. The molecule has 1 aliphatic rings. The predicted molar refractivity (Wildman–Crippen MR) is 198 cm³/mol. The number of furan rings is 1. The van der Waals surface area contributed by atoms with E-state index in [0.29, 0.717) is 0 Å². The molecule has 0 fully saturated rings. The van der Waals surface area contributed by atoms with Crippen LogP contribution >= 0.6 is 11.3 Å². The zero-order valence-electron chi connectivity index (χ0n) is 25.1. The van der Waals surface area contributed by atoms with Gasteiger partial charge >= 0.3 is 0 Å². The normalized spacial score (nSPS) is 12.4. The zero-order valence-corrected chi connectivity index (χ0v) is 25.9. The molecule has 0 radical (unpaired) electrons. The molecular formula is C44H24O2S. The highest BCUT2D eigenvalue weighted by Crippen LogP contribution is 2.48. The van der Waals surface area contributed by atoms with Crippen molar-refractivity contribution in [2.45, 2.75) is 0 Å². The van der Waals surface area contributed by atoms with Crippen LogP contribution in [0.4, 0.5) is 0 Å². The standard InChI is InChI=1S/C44H24O2S/c1-2-7-27-22-40-36(21-26(27)6-1)44-31(10-5-13-39(44)46-40)30-15-18-33-32-17-14-29(23-41(32)47-42(33)24-30)28-16-19-37-35(20-28)34-11-3-8-25-9-4-12-38(45-37)43(25)34/h1-24H. The Kier molecular flexibility index (Phi) is 5.02. The van der Waals surface area contributed by atoms with Crippen molar-refractivity contribution in [2.75, 3.05) is 0 Å². The number of benzene rings is 8. The largest absolute Gasteiger partial charge is 0.456 e. The van der Waals surface area contributed by atoms with E-state index in [4.69, 9.17) is 9.15 Å². The Morgan fingerprint density at radius 2 is 1.06 bits per heavy atom. The van der Waals surface area contributed by atoms with E-state index in [2.05, 4.69) is 146 Å². The van der Waals surface area contributed by atoms with Gasteiger partial charge in [-0.05, 0) is 92.5 Å². The molecule has 0 spiro atoms. The van der Waals surface area contributed by atoms with Crippen LogP contribution in [-0.2, 0) is 0 Å². The van der Waals surface area contributed by atoms with Crippen LogP contribution in [0, 0.1) is 0 Å². The van der Waals surface area contributed by atoms with Crippen molar-refractivity contribution in [3.05, 3.63) is 146 Å². The van der Waals surface area contributed by atoms with E-state index in [1.54, 1.807) is 0 Å². The summed E-state index contributed by atoms with van der Waals surface area (Å²) < 4.78 is 15.3. The maximum absolute atomic E-state index is 6.38. The minimum absolute atomic E-state index is 0.907. The Labute approximate surface area is 273 Å². The van der Waals surface area contributed by atoms with Crippen LogP contribution in [0.1, 0.15) is 0 Å². The molecule has 0 bridgehead atoms. The smallest absolute Gasteiger partial charge is 0.136 e. The molecule has 2 aromatic heterocycles. The lowest BCUT2D eigenvalue weighted by Crippen LogP contribution is -1.97. The van der Waals surface area contributed by atoms with Gasteiger partial charge in [-0.15, -0.1) is 11.3 Å². The van der Waals surface area contributed by atoms with Crippen molar-refractivity contribution in [3.63, 3.8) is 0 Å². The fraction of sp³-hybridized carbons (Fsp3) is 0. The second-order valence-electron chi connectivity index (χ2n) is 12.5. The quantitative estimate of drug-likeness (QED) is 0.193. The Morgan fingerprint density at radius 3 is 1.94 bits per heavy atom. The van der Waals surface area contributed by atoms with Crippen molar-refractivity contribution in [2.24, 2.45) is 0 Å². The molecule has 10 aromatic rings. The third-order valence-corrected chi connectivity index (χ3v) is 11.0. The van der Waals surface area contributed by atoms with Crippen LogP contribution < -0.4 is 4.74 Å². The molecule has 11 rings (SSSR count). The lowest BCUT2D eigenvalue weighted by Gasteiger charge is -2.22. The first-order valence-electron chi connectivity index (χ1n) is 15.9. The first kappa shape index (κ1) is 25.3. The van der Waals surface area contributed by atoms with Gasteiger partial charge in [0.05, 0.1) is 0 Å². The Bertz CT molecular complexity index is 2940. The first-order chi connectivity index (χ1) is 23.2. The number of fused-ring (bicyclic) bond motifs is 9. The van der Waals surface area contributed by atoms with Crippen LogP contribution in [0.5, 0.6) is 11.5 Å². The average molecular weight is 617 g/mol. The molecule has 2 nitrogen and oxygen atoms in total. The molecule has 0 atom stereocenters. The molecule has 0 saturated heterocycles. The summed E-state index contributed by atoms with van der Waals surface area (Å²) in [7, 11) is 0. The van der Waals surface area contributed by atoms with E-state index in [9.17, 15) is 0 Å². The molecule has 0 aliphatic carbocycles. The third-order valence-electron chi connectivity index (χ3n) is 9.84. The zero-order chi connectivity index (χ0) is 30.6. The van der Waals surface area contributed by atoms with Gasteiger partial charge in [-0.1, -0.05) is 97.1 Å². The molecule has 0 N–H and O–H groups in total. The molecule has 1 aliphatic heterocycles. The van der Waals surface area contributed by atoms with Gasteiger partial charge in [0.1, 0.15) is 22.7 Å². The number of thiophene rings is 1. The van der Waals surface area contributed by atoms with Crippen LogP contribution in [-0.4, -0.2) is 0 Å². The van der Waals surface area contributed by atoms with E-state index in [1.165, 1.54) is 74.9 Å². The Balaban J connectivity index is 1.03. The highest BCUT2D eigenvalue weighted by atomic mass is 32.1. The maximum Gasteiger partial charge on any atom is 0.136 e. The van der Waals surface area contributed by atoms with Gasteiger partial charge in [0.15, 0.2) is 0 Å². The summed E-state index contributed by atoms with van der Waals surface area (Å²) in [6, 6.07) is 52.4. The molecule has 3 heterocycles. The van der Waals surface area contributed by atoms with Gasteiger partial charge in [0.25, 0.3) is 0 Å². The van der Waals surface area contributed by atoms with Gasteiger partial charge in [-0.25, -0.2) is 0 Å².